The molecule has 0 saturated carbocycles. The molecule has 1 saturated heterocycles. The fourth-order valence-electron chi connectivity index (χ4n) is 3.33. The predicted octanol–water partition coefficient (Wildman–Crippen LogP) is 3.05. The summed E-state index contributed by atoms with van der Waals surface area (Å²) < 4.78 is 19.1. The van der Waals surface area contributed by atoms with Crippen LogP contribution in [0.15, 0.2) is 18.2 Å². The van der Waals surface area contributed by atoms with Crippen molar-refractivity contribution < 1.29 is 18.7 Å². The number of piperidine rings is 1. The molecular formula is C17H21FN2O3. The molecule has 0 radical (unpaired) electrons. The molecule has 2 aliphatic rings. The van der Waals surface area contributed by atoms with Crippen LogP contribution in [0.4, 0.5) is 14.9 Å². The first kappa shape index (κ1) is 15.8. The van der Waals surface area contributed by atoms with Crippen LogP contribution in [0.5, 0.6) is 0 Å². The molecule has 2 amide bonds. The quantitative estimate of drug-likeness (QED) is 0.799. The average Bonchev–Trinajstić information content (AvgIpc) is 2.70. The molecular weight excluding hydrogens is 299 g/mol. The van der Waals surface area contributed by atoms with Gasteiger partial charge in [-0.05, 0) is 57.4 Å². The lowest BCUT2D eigenvalue weighted by Crippen LogP contribution is -2.52. The molecule has 0 unspecified atom stereocenters. The second kappa shape index (κ2) is 5.22. The summed E-state index contributed by atoms with van der Waals surface area (Å²) in [6.45, 7) is 6.16. The Labute approximate surface area is 134 Å². The lowest BCUT2D eigenvalue weighted by atomic mass is 9.75. The van der Waals surface area contributed by atoms with Crippen LogP contribution in [0, 0.1) is 5.82 Å². The zero-order valence-electron chi connectivity index (χ0n) is 13.6. The number of rotatable bonds is 0. The Hall–Kier alpha value is -2.11. The smallest absolute Gasteiger partial charge is 0.410 e. The molecule has 23 heavy (non-hydrogen) atoms. The summed E-state index contributed by atoms with van der Waals surface area (Å²) in [5.74, 6) is -0.555. The van der Waals surface area contributed by atoms with Crippen LogP contribution in [0.25, 0.3) is 0 Å². The number of carbonyl (C=O) groups excluding carboxylic acids is 2. The summed E-state index contributed by atoms with van der Waals surface area (Å²) in [4.78, 5) is 26.4. The van der Waals surface area contributed by atoms with Crippen molar-refractivity contribution >= 4 is 17.7 Å². The summed E-state index contributed by atoms with van der Waals surface area (Å²) >= 11 is 0. The summed E-state index contributed by atoms with van der Waals surface area (Å²) in [6.07, 6.45) is 0.825. The van der Waals surface area contributed by atoms with Crippen LogP contribution in [0.3, 0.4) is 0 Å². The van der Waals surface area contributed by atoms with Crippen LogP contribution in [-0.4, -0.2) is 35.6 Å². The van der Waals surface area contributed by atoms with E-state index in [1.54, 1.807) is 31.7 Å². The molecule has 1 N–H and O–H groups in total. The Morgan fingerprint density at radius 2 is 2.13 bits per heavy atom. The van der Waals surface area contributed by atoms with Crippen molar-refractivity contribution in [1.29, 1.82) is 0 Å². The standard InChI is InChI=1S/C17H21FN2O3/c1-16(2,3)23-15(22)20-8-4-7-17(10-20)12-9-11(18)5-6-13(12)19-14(17)21/h5-6,9H,4,7-8,10H2,1-3H3,(H,19,21)/t17-/m1/s1. The van der Waals surface area contributed by atoms with Gasteiger partial charge in [0.2, 0.25) is 5.91 Å². The largest absolute Gasteiger partial charge is 0.444 e. The lowest BCUT2D eigenvalue weighted by molar-refractivity contribution is -0.122. The van der Waals surface area contributed by atoms with Crippen LogP contribution in [0.2, 0.25) is 0 Å². The molecule has 1 spiro atoms. The molecule has 0 aromatic heterocycles. The zero-order valence-corrected chi connectivity index (χ0v) is 13.6. The van der Waals surface area contributed by atoms with Crippen LogP contribution in [-0.2, 0) is 14.9 Å². The van der Waals surface area contributed by atoms with Gasteiger partial charge in [0.1, 0.15) is 11.4 Å². The highest BCUT2D eigenvalue weighted by molar-refractivity contribution is 6.06. The first-order valence-corrected chi connectivity index (χ1v) is 7.81. The normalized spacial score (nSPS) is 23.7. The number of halogens is 1. The maximum absolute atomic E-state index is 13.7. The van der Waals surface area contributed by atoms with E-state index in [2.05, 4.69) is 5.32 Å². The minimum Gasteiger partial charge on any atom is -0.444 e. The second-order valence-corrected chi connectivity index (χ2v) is 7.23. The van der Waals surface area contributed by atoms with Gasteiger partial charge in [0.25, 0.3) is 0 Å². The minimum absolute atomic E-state index is 0.175. The maximum atomic E-state index is 13.7. The van der Waals surface area contributed by atoms with Gasteiger partial charge in [-0.25, -0.2) is 9.18 Å². The van der Waals surface area contributed by atoms with Gasteiger partial charge in [-0.3, -0.25) is 4.79 Å². The number of benzene rings is 1. The molecule has 0 bridgehead atoms. The molecule has 1 aromatic carbocycles. The van der Waals surface area contributed by atoms with Gasteiger partial charge in [0.15, 0.2) is 0 Å². The SMILES string of the molecule is CC(C)(C)OC(=O)N1CCC[C@]2(C1)C(=O)Nc1ccc(F)cc12. The van der Waals surface area contributed by atoms with Crippen molar-refractivity contribution in [2.45, 2.75) is 44.6 Å². The third-order valence-electron chi connectivity index (χ3n) is 4.32. The van der Waals surface area contributed by atoms with E-state index in [1.807, 2.05) is 0 Å². The number of amides is 2. The highest BCUT2D eigenvalue weighted by Crippen LogP contribution is 2.44. The highest BCUT2D eigenvalue weighted by Gasteiger charge is 2.50. The molecule has 3 rings (SSSR count). The number of ether oxygens (including phenoxy) is 1. The number of hydrogen-bond acceptors (Lipinski definition) is 3. The lowest BCUT2D eigenvalue weighted by Gasteiger charge is -2.39. The number of fused-ring (bicyclic) bond motifs is 2. The van der Waals surface area contributed by atoms with E-state index in [-0.39, 0.29) is 18.3 Å². The fraction of sp³-hybridized carbons (Fsp3) is 0.529. The van der Waals surface area contributed by atoms with Gasteiger partial charge in [0, 0.05) is 18.8 Å². The number of hydrogen-bond donors (Lipinski definition) is 1. The second-order valence-electron chi connectivity index (χ2n) is 7.23. The number of nitrogens with one attached hydrogen (secondary N) is 1. The number of carbonyl (C=O) groups is 2. The van der Waals surface area contributed by atoms with E-state index in [9.17, 15) is 14.0 Å². The topological polar surface area (TPSA) is 58.6 Å². The van der Waals surface area contributed by atoms with Crippen LogP contribution in [0.1, 0.15) is 39.2 Å². The molecule has 1 atom stereocenters. The van der Waals surface area contributed by atoms with E-state index in [1.165, 1.54) is 12.1 Å². The molecule has 1 aromatic rings. The summed E-state index contributed by atoms with van der Waals surface area (Å²) in [7, 11) is 0. The maximum Gasteiger partial charge on any atom is 0.410 e. The zero-order chi connectivity index (χ0) is 16.8. The van der Waals surface area contributed by atoms with E-state index < -0.39 is 17.1 Å². The van der Waals surface area contributed by atoms with Gasteiger partial charge in [-0.1, -0.05) is 0 Å². The molecule has 2 heterocycles. The minimum atomic E-state index is -0.882. The van der Waals surface area contributed by atoms with E-state index >= 15 is 0 Å². The predicted molar refractivity (Wildman–Crippen MR) is 83.7 cm³/mol. The average molecular weight is 320 g/mol. The molecule has 2 aliphatic heterocycles. The Balaban J connectivity index is 1.90. The fourth-order valence-corrected chi connectivity index (χ4v) is 3.33. The van der Waals surface area contributed by atoms with E-state index in [4.69, 9.17) is 4.74 Å². The monoisotopic (exact) mass is 320 g/mol. The number of anilines is 1. The van der Waals surface area contributed by atoms with Crippen molar-refractivity contribution in [2.24, 2.45) is 0 Å². The molecule has 0 aliphatic carbocycles. The van der Waals surface area contributed by atoms with Crippen LogP contribution < -0.4 is 5.32 Å². The van der Waals surface area contributed by atoms with Crippen molar-refractivity contribution in [1.82, 2.24) is 4.90 Å². The van der Waals surface area contributed by atoms with Gasteiger partial charge in [-0.15, -0.1) is 0 Å². The molecule has 1 fully saturated rings. The van der Waals surface area contributed by atoms with Crippen molar-refractivity contribution in [3.63, 3.8) is 0 Å². The highest BCUT2D eigenvalue weighted by atomic mass is 19.1. The van der Waals surface area contributed by atoms with E-state index in [0.29, 0.717) is 30.6 Å². The molecule has 124 valence electrons. The van der Waals surface area contributed by atoms with Crippen LogP contribution >= 0.6 is 0 Å². The van der Waals surface area contributed by atoms with Crippen molar-refractivity contribution in [3.05, 3.63) is 29.6 Å². The third kappa shape index (κ3) is 2.78. The molecule has 5 nitrogen and oxygen atoms in total. The van der Waals surface area contributed by atoms with E-state index in [0.717, 1.165) is 0 Å². The Morgan fingerprint density at radius 3 is 2.83 bits per heavy atom. The Bertz CT molecular complexity index is 668. The summed E-state index contributed by atoms with van der Waals surface area (Å²) in [5.41, 5.74) is -0.214. The van der Waals surface area contributed by atoms with Crippen molar-refractivity contribution in [2.75, 3.05) is 18.4 Å². The first-order chi connectivity index (χ1) is 10.7. The molecule has 6 heteroatoms. The van der Waals surface area contributed by atoms with Gasteiger partial charge >= 0.3 is 6.09 Å². The Morgan fingerprint density at radius 1 is 1.39 bits per heavy atom. The summed E-state index contributed by atoms with van der Waals surface area (Å²) in [6, 6.07) is 4.29. The Kier molecular flexibility index (Phi) is 3.58. The van der Waals surface area contributed by atoms with Gasteiger partial charge in [0.05, 0.1) is 5.41 Å². The van der Waals surface area contributed by atoms with Crippen molar-refractivity contribution in [3.8, 4) is 0 Å². The third-order valence-corrected chi connectivity index (χ3v) is 4.32. The van der Waals surface area contributed by atoms with Gasteiger partial charge in [-0.2, -0.15) is 0 Å². The first-order valence-electron chi connectivity index (χ1n) is 7.81. The number of likely N-dealkylation sites (tertiary alicyclic amines) is 1. The summed E-state index contributed by atoms with van der Waals surface area (Å²) in [5, 5.41) is 2.81. The number of nitrogens with zero attached hydrogens (tertiary/aromatic N) is 1. The van der Waals surface area contributed by atoms with Gasteiger partial charge < -0.3 is 15.0 Å².